The molecule has 0 aliphatic carbocycles. The van der Waals surface area contributed by atoms with Crippen LogP contribution >= 0.6 is 11.8 Å². The lowest BCUT2D eigenvalue weighted by Gasteiger charge is -2.11. The molecule has 0 saturated carbocycles. The molecule has 0 bridgehead atoms. The number of rotatable bonds is 5. The van der Waals surface area contributed by atoms with Crippen molar-refractivity contribution in [3.05, 3.63) is 65.0 Å². The number of tetrazole rings is 1. The van der Waals surface area contributed by atoms with Gasteiger partial charge in [-0.1, -0.05) is 47.7 Å². The quantitative estimate of drug-likeness (QED) is 0.463. The number of para-hydroxylation sites is 1. The summed E-state index contributed by atoms with van der Waals surface area (Å²) in [5.41, 5.74) is 5.31. The van der Waals surface area contributed by atoms with E-state index in [2.05, 4.69) is 25.7 Å². The third kappa shape index (κ3) is 3.55. The summed E-state index contributed by atoms with van der Waals surface area (Å²) in [6.07, 6.45) is 0. The molecule has 0 aliphatic heterocycles. The van der Waals surface area contributed by atoms with Crippen LogP contribution < -0.4 is 0 Å². The molecule has 0 N–H and O–H groups in total. The minimum absolute atomic E-state index is 0.0965. The molecule has 4 aromatic rings. The highest BCUT2D eigenvalue weighted by Gasteiger charge is 2.21. The minimum atomic E-state index is -0.0965. The van der Waals surface area contributed by atoms with E-state index in [1.807, 2.05) is 70.2 Å². The van der Waals surface area contributed by atoms with Crippen molar-refractivity contribution in [2.45, 2.75) is 38.1 Å². The number of benzene rings is 2. The Bertz CT molecular complexity index is 1080. The van der Waals surface area contributed by atoms with E-state index in [0.29, 0.717) is 16.9 Å². The SMILES string of the molecule is Cc1ccc(-c2nnc(C(C)Sc3nnnn3-c3c(C)cccc3C)o2)cc1. The summed E-state index contributed by atoms with van der Waals surface area (Å²) in [6.45, 7) is 8.14. The molecule has 1 unspecified atom stereocenters. The van der Waals surface area contributed by atoms with Crippen LogP contribution in [0.2, 0.25) is 0 Å². The molecular weight excluding hydrogens is 372 g/mol. The van der Waals surface area contributed by atoms with Crippen LogP contribution in [-0.4, -0.2) is 30.4 Å². The Balaban J connectivity index is 1.58. The fourth-order valence-electron chi connectivity index (χ4n) is 2.95. The van der Waals surface area contributed by atoms with Gasteiger partial charge in [0.25, 0.3) is 0 Å². The van der Waals surface area contributed by atoms with Gasteiger partial charge in [-0.05, 0) is 61.4 Å². The highest BCUT2D eigenvalue weighted by atomic mass is 32.2. The molecule has 8 heteroatoms. The first kappa shape index (κ1) is 18.4. The van der Waals surface area contributed by atoms with E-state index in [-0.39, 0.29) is 5.25 Å². The predicted molar refractivity (Wildman–Crippen MR) is 107 cm³/mol. The van der Waals surface area contributed by atoms with Crippen LogP contribution in [0, 0.1) is 20.8 Å². The predicted octanol–water partition coefficient (Wildman–Crippen LogP) is 4.49. The zero-order valence-electron chi connectivity index (χ0n) is 16.1. The third-order valence-electron chi connectivity index (χ3n) is 4.46. The Kier molecular flexibility index (Phi) is 4.95. The van der Waals surface area contributed by atoms with E-state index in [9.17, 15) is 0 Å². The topological polar surface area (TPSA) is 82.5 Å². The summed E-state index contributed by atoms with van der Waals surface area (Å²) in [6, 6.07) is 14.1. The van der Waals surface area contributed by atoms with Crippen molar-refractivity contribution >= 4 is 11.8 Å². The highest BCUT2D eigenvalue weighted by Crippen LogP contribution is 2.35. The first-order valence-electron chi connectivity index (χ1n) is 8.95. The maximum Gasteiger partial charge on any atom is 0.247 e. The van der Waals surface area contributed by atoms with Crippen LogP contribution in [0.3, 0.4) is 0 Å². The van der Waals surface area contributed by atoms with E-state index < -0.39 is 0 Å². The van der Waals surface area contributed by atoms with Gasteiger partial charge in [0, 0.05) is 5.56 Å². The molecule has 2 aromatic heterocycles. The van der Waals surface area contributed by atoms with Crippen molar-refractivity contribution in [3.63, 3.8) is 0 Å². The minimum Gasteiger partial charge on any atom is -0.419 e. The molecule has 0 spiro atoms. The zero-order chi connectivity index (χ0) is 19.7. The normalized spacial score (nSPS) is 12.3. The van der Waals surface area contributed by atoms with Gasteiger partial charge in [0.05, 0.1) is 10.9 Å². The molecule has 2 aromatic carbocycles. The average molecular weight is 392 g/mol. The second-order valence-electron chi connectivity index (χ2n) is 6.69. The van der Waals surface area contributed by atoms with Gasteiger partial charge in [-0.2, -0.15) is 4.68 Å². The monoisotopic (exact) mass is 392 g/mol. The van der Waals surface area contributed by atoms with Crippen molar-refractivity contribution in [1.29, 1.82) is 0 Å². The largest absolute Gasteiger partial charge is 0.419 e. The number of aromatic nitrogens is 6. The van der Waals surface area contributed by atoms with Gasteiger partial charge in [0.1, 0.15) is 0 Å². The van der Waals surface area contributed by atoms with E-state index in [1.165, 1.54) is 17.3 Å². The Hall–Kier alpha value is -3.00. The summed E-state index contributed by atoms with van der Waals surface area (Å²) in [7, 11) is 0. The van der Waals surface area contributed by atoms with Gasteiger partial charge in [-0.25, -0.2) is 0 Å². The molecule has 1 atom stereocenters. The Labute approximate surface area is 167 Å². The van der Waals surface area contributed by atoms with E-state index >= 15 is 0 Å². The molecule has 0 saturated heterocycles. The summed E-state index contributed by atoms with van der Waals surface area (Å²) < 4.78 is 7.66. The molecule has 28 heavy (non-hydrogen) atoms. The van der Waals surface area contributed by atoms with Crippen molar-refractivity contribution in [2.75, 3.05) is 0 Å². The second kappa shape index (κ2) is 7.55. The lowest BCUT2D eigenvalue weighted by atomic mass is 10.1. The van der Waals surface area contributed by atoms with Gasteiger partial charge >= 0.3 is 0 Å². The van der Waals surface area contributed by atoms with E-state index in [4.69, 9.17) is 4.42 Å². The Morgan fingerprint density at radius 2 is 1.64 bits per heavy atom. The van der Waals surface area contributed by atoms with E-state index in [1.54, 1.807) is 4.68 Å². The van der Waals surface area contributed by atoms with Crippen molar-refractivity contribution in [3.8, 4) is 17.1 Å². The molecule has 2 heterocycles. The van der Waals surface area contributed by atoms with Gasteiger partial charge in [-0.15, -0.1) is 15.3 Å². The molecule has 0 aliphatic rings. The molecule has 142 valence electrons. The maximum absolute atomic E-state index is 5.89. The summed E-state index contributed by atoms with van der Waals surface area (Å²) >= 11 is 1.48. The molecule has 4 rings (SSSR count). The van der Waals surface area contributed by atoms with Crippen LogP contribution in [0.5, 0.6) is 0 Å². The molecular formula is C20H20N6OS. The highest BCUT2D eigenvalue weighted by molar-refractivity contribution is 7.99. The first-order chi connectivity index (χ1) is 13.5. The van der Waals surface area contributed by atoms with Crippen LogP contribution in [0.4, 0.5) is 0 Å². The third-order valence-corrected chi connectivity index (χ3v) is 5.48. The van der Waals surface area contributed by atoms with Crippen molar-refractivity contribution in [1.82, 2.24) is 30.4 Å². The van der Waals surface area contributed by atoms with Gasteiger partial charge < -0.3 is 4.42 Å². The zero-order valence-corrected chi connectivity index (χ0v) is 16.9. The number of hydrogen-bond donors (Lipinski definition) is 0. The Morgan fingerprint density at radius 3 is 2.36 bits per heavy atom. The smallest absolute Gasteiger partial charge is 0.247 e. The summed E-state index contributed by atoms with van der Waals surface area (Å²) in [4.78, 5) is 0. The van der Waals surface area contributed by atoms with Crippen LogP contribution in [-0.2, 0) is 0 Å². The lowest BCUT2D eigenvalue weighted by Crippen LogP contribution is -2.04. The Morgan fingerprint density at radius 1 is 0.929 bits per heavy atom. The fourth-order valence-corrected chi connectivity index (χ4v) is 3.78. The fraction of sp³-hybridized carbons (Fsp3) is 0.250. The standard InChI is InChI=1S/C20H20N6OS/c1-12-8-10-16(11-9-12)19-22-21-18(27-19)15(4)28-20-23-24-25-26(20)17-13(2)6-5-7-14(17)3/h5-11,15H,1-4H3. The van der Waals surface area contributed by atoms with Crippen molar-refractivity contribution in [2.24, 2.45) is 0 Å². The maximum atomic E-state index is 5.89. The number of thioether (sulfide) groups is 1. The number of nitrogens with zero attached hydrogens (tertiary/aromatic N) is 6. The summed E-state index contributed by atoms with van der Waals surface area (Å²) in [5.74, 6) is 1.05. The number of aryl methyl sites for hydroxylation is 3. The second-order valence-corrected chi connectivity index (χ2v) is 7.99. The molecule has 0 amide bonds. The average Bonchev–Trinajstić information content (AvgIpc) is 3.32. The van der Waals surface area contributed by atoms with Gasteiger partial charge in [-0.3, -0.25) is 0 Å². The molecule has 0 radical (unpaired) electrons. The lowest BCUT2D eigenvalue weighted by molar-refractivity contribution is 0.508. The number of hydrogen-bond acceptors (Lipinski definition) is 7. The molecule has 7 nitrogen and oxygen atoms in total. The van der Waals surface area contributed by atoms with Gasteiger partial charge in [0.15, 0.2) is 0 Å². The van der Waals surface area contributed by atoms with Crippen LogP contribution in [0.1, 0.15) is 34.8 Å². The van der Waals surface area contributed by atoms with Crippen molar-refractivity contribution < 1.29 is 4.42 Å². The van der Waals surface area contributed by atoms with E-state index in [0.717, 1.165) is 22.4 Å². The van der Waals surface area contributed by atoms with Crippen LogP contribution in [0.15, 0.2) is 52.0 Å². The summed E-state index contributed by atoms with van der Waals surface area (Å²) in [5, 5.41) is 21.2. The van der Waals surface area contributed by atoms with Gasteiger partial charge in [0.2, 0.25) is 16.9 Å². The van der Waals surface area contributed by atoms with Crippen LogP contribution in [0.25, 0.3) is 17.1 Å². The first-order valence-corrected chi connectivity index (χ1v) is 9.83. The molecule has 0 fully saturated rings.